The maximum Gasteiger partial charge on any atom is 0.109 e. The molecule has 0 amide bonds. The standard InChI is InChI=1S/C12H19N5/c1-3-17-10-11(9-15-17)8-13-5-4-12-14-6-7-16(12)2/h6-7,9-10,13H,3-5,8H2,1-2H3. The van der Waals surface area contributed by atoms with Crippen molar-refractivity contribution in [1.29, 1.82) is 0 Å². The van der Waals surface area contributed by atoms with E-state index in [-0.39, 0.29) is 0 Å². The van der Waals surface area contributed by atoms with Gasteiger partial charge in [-0.2, -0.15) is 5.10 Å². The molecule has 0 radical (unpaired) electrons. The highest BCUT2D eigenvalue weighted by molar-refractivity contribution is 5.03. The molecule has 5 nitrogen and oxygen atoms in total. The van der Waals surface area contributed by atoms with Crippen LogP contribution >= 0.6 is 0 Å². The molecule has 0 fully saturated rings. The van der Waals surface area contributed by atoms with E-state index in [4.69, 9.17) is 0 Å². The van der Waals surface area contributed by atoms with Crippen molar-refractivity contribution in [2.24, 2.45) is 7.05 Å². The van der Waals surface area contributed by atoms with Gasteiger partial charge in [-0.3, -0.25) is 4.68 Å². The number of hydrogen-bond acceptors (Lipinski definition) is 3. The Kier molecular flexibility index (Phi) is 3.93. The van der Waals surface area contributed by atoms with Crippen LogP contribution < -0.4 is 5.32 Å². The van der Waals surface area contributed by atoms with Crippen LogP contribution in [-0.4, -0.2) is 25.9 Å². The Morgan fingerprint density at radius 2 is 2.29 bits per heavy atom. The van der Waals surface area contributed by atoms with E-state index < -0.39 is 0 Å². The van der Waals surface area contributed by atoms with E-state index in [9.17, 15) is 0 Å². The molecule has 0 aromatic carbocycles. The summed E-state index contributed by atoms with van der Waals surface area (Å²) in [6.45, 7) is 4.81. The van der Waals surface area contributed by atoms with Gasteiger partial charge in [-0.15, -0.1) is 0 Å². The zero-order valence-corrected chi connectivity index (χ0v) is 10.4. The number of hydrogen-bond donors (Lipinski definition) is 1. The maximum absolute atomic E-state index is 4.28. The number of rotatable bonds is 6. The quantitative estimate of drug-likeness (QED) is 0.756. The average Bonchev–Trinajstić information content (AvgIpc) is 2.94. The fourth-order valence-corrected chi connectivity index (χ4v) is 1.74. The van der Waals surface area contributed by atoms with Gasteiger partial charge in [0, 0.05) is 57.3 Å². The molecule has 0 saturated heterocycles. The van der Waals surface area contributed by atoms with Crippen molar-refractivity contribution < 1.29 is 0 Å². The first kappa shape index (κ1) is 11.9. The summed E-state index contributed by atoms with van der Waals surface area (Å²) < 4.78 is 3.99. The lowest BCUT2D eigenvalue weighted by Crippen LogP contribution is -2.17. The Morgan fingerprint density at radius 1 is 1.41 bits per heavy atom. The Morgan fingerprint density at radius 3 is 2.94 bits per heavy atom. The molecule has 92 valence electrons. The van der Waals surface area contributed by atoms with Gasteiger partial charge in [0.1, 0.15) is 5.82 Å². The van der Waals surface area contributed by atoms with E-state index in [1.807, 2.05) is 30.3 Å². The molecular formula is C12H19N5. The minimum absolute atomic E-state index is 0.865. The van der Waals surface area contributed by atoms with Crippen LogP contribution in [0.4, 0.5) is 0 Å². The molecule has 0 aliphatic heterocycles. The SMILES string of the molecule is CCn1cc(CNCCc2nccn2C)cn1. The van der Waals surface area contributed by atoms with Gasteiger partial charge >= 0.3 is 0 Å². The summed E-state index contributed by atoms with van der Waals surface area (Å²) in [6.07, 6.45) is 8.75. The molecule has 0 aliphatic carbocycles. The van der Waals surface area contributed by atoms with Crippen molar-refractivity contribution >= 4 is 0 Å². The Bertz CT molecular complexity index is 457. The molecule has 17 heavy (non-hydrogen) atoms. The van der Waals surface area contributed by atoms with Crippen molar-refractivity contribution in [3.8, 4) is 0 Å². The first-order valence-electron chi connectivity index (χ1n) is 5.98. The summed E-state index contributed by atoms with van der Waals surface area (Å²) in [5.41, 5.74) is 1.23. The van der Waals surface area contributed by atoms with Gasteiger partial charge < -0.3 is 9.88 Å². The normalized spacial score (nSPS) is 10.9. The predicted octanol–water partition coefficient (Wildman–Crippen LogP) is 0.969. The van der Waals surface area contributed by atoms with E-state index in [0.29, 0.717) is 0 Å². The maximum atomic E-state index is 4.28. The molecule has 2 aromatic heterocycles. The van der Waals surface area contributed by atoms with Gasteiger partial charge in [0.2, 0.25) is 0 Å². The zero-order chi connectivity index (χ0) is 12.1. The van der Waals surface area contributed by atoms with Crippen molar-refractivity contribution in [2.75, 3.05) is 6.54 Å². The Balaban J connectivity index is 1.71. The van der Waals surface area contributed by atoms with Gasteiger partial charge in [-0.05, 0) is 6.92 Å². The summed E-state index contributed by atoms with van der Waals surface area (Å²) in [5.74, 6) is 1.11. The summed E-state index contributed by atoms with van der Waals surface area (Å²) in [5, 5.41) is 7.64. The largest absolute Gasteiger partial charge is 0.338 e. The van der Waals surface area contributed by atoms with Gasteiger partial charge in [0.25, 0.3) is 0 Å². The Labute approximate surface area is 101 Å². The second-order valence-electron chi connectivity index (χ2n) is 4.09. The highest BCUT2D eigenvalue weighted by atomic mass is 15.3. The van der Waals surface area contributed by atoms with Gasteiger partial charge in [-0.1, -0.05) is 0 Å². The molecule has 0 spiro atoms. The monoisotopic (exact) mass is 233 g/mol. The van der Waals surface area contributed by atoms with E-state index in [2.05, 4.69) is 33.1 Å². The summed E-state index contributed by atoms with van der Waals surface area (Å²) in [6, 6.07) is 0. The molecule has 0 atom stereocenters. The predicted molar refractivity (Wildman–Crippen MR) is 66.5 cm³/mol. The van der Waals surface area contributed by atoms with Gasteiger partial charge in [0.05, 0.1) is 6.20 Å². The molecule has 0 bridgehead atoms. The molecule has 1 N–H and O–H groups in total. The van der Waals surface area contributed by atoms with Crippen molar-refractivity contribution in [1.82, 2.24) is 24.6 Å². The lowest BCUT2D eigenvalue weighted by Gasteiger charge is -2.03. The highest BCUT2D eigenvalue weighted by Gasteiger charge is 1.99. The molecule has 5 heteroatoms. The second kappa shape index (κ2) is 5.63. The molecule has 2 aromatic rings. The molecule has 0 unspecified atom stereocenters. The summed E-state index contributed by atoms with van der Waals surface area (Å²) in [4.78, 5) is 4.28. The fraction of sp³-hybridized carbons (Fsp3) is 0.500. The van der Waals surface area contributed by atoms with Crippen LogP contribution in [0.1, 0.15) is 18.3 Å². The minimum Gasteiger partial charge on any atom is -0.338 e. The van der Waals surface area contributed by atoms with Crippen LogP contribution in [0.5, 0.6) is 0 Å². The highest BCUT2D eigenvalue weighted by Crippen LogP contribution is 1.98. The third-order valence-electron chi connectivity index (χ3n) is 2.79. The summed E-state index contributed by atoms with van der Waals surface area (Å²) in [7, 11) is 2.02. The molecule has 0 aliphatic rings. The fourth-order valence-electron chi connectivity index (χ4n) is 1.74. The van der Waals surface area contributed by atoms with Crippen LogP contribution in [0.2, 0.25) is 0 Å². The first-order valence-corrected chi connectivity index (χ1v) is 5.98. The van der Waals surface area contributed by atoms with Crippen molar-refractivity contribution in [2.45, 2.75) is 26.4 Å². The van der Waals surface area contributed by atoms with Crippen molar-refractivity contribution in [3.63, 3.8) is 0 Å². The van der Waals surface area contributed by atoms with Crippen LogP contribution in [-0.2, 0) is 26.6 Å². The van der Waals surface area contributed by atoms with Crippen LogP contribution in [0.15, 0.2) is 24.8 Å². The zero-order valence-electron chi connectivity index (χ0n) is 10.4. The molecule has 0 saturated carbocycles. The lowest BCUT2D eigenvalue weighted by molar-refractivity contribution is 0.647. The number of nitrogens with zero attached hydrogens (tertiary/aromatic N) is 4. The Hall–Kier alpha value is -1.62. The van der Waals surface area contributed by atoms with Crippen molar-refractivity contribution in [3.05, 3.63) is 36.2 Å². The number of aryl methyl sites for hydroxylation is 2. The minimum atomic E-state index is 0.865. The number of imidazole rings is 1. The third kappa shape index (κ3) is 3.17. The van der Waals surface area contributed by atoms with E-state index in [0.717, 1.165) is 31.9 Å². The van der Waals surface area contributed by atoms with Crippen LogP contribution in [0.3, 0.4) is 0 Å². The smallest absolute Gasteiger partial charge is 0.109 e. The first-order chi connectivity index (χ1) is 8.29. The van der Waals surface area contributed by atoms with E-state index in [1.165, 1.54) is 5.56 Å². The van der Waals surface area contributed by atoms with E-state index >= 15 is 0 Å². The lowest BCUT2D eigenvalue weighted by atomic mass is 10.3. The average molecular weight is 233 g/mol. The number of nitrogens with one attached hydrogen (secondary N) is 1. The second-order valence-corrected chi connectivity index (χ2v) is 4.09. The van der Waals surface area contributed by atoms with Gasteiger partial charge in [0.15, 0.2) is 0 Å². The number of aromatic nitrogens is 4. The van der Waals surface area contributed by atoms with E-state index in [1.54, 1.807) is 0 Å². The van der Waals surface area contributed by atoms with Gasteiger partial charge in [-0.25, -0.2) is 4.98 Å². The summed E-state index contributed by atoms with van der Waals surface area (Å²) >= 11 is 0. The molecule has 2 rings (SSSR count). The van der Waals surface area contributed by atoms with Crippen LogP contribution in [0, 0.1) is 0 Å². The van der Waals surface area contributed by atoms with Crippen LogP contribution in [0.25, 0.3) is 0 Å². The topological polar surface area (TPSA) is 47.7 Å². The third-order valence-corrected chi connectivity index (χ3v) is 2.79. The molecule has 2 heterocycles. The molecular weight excluding hydrogens is 214 g/mol.